The number of hydrogen-bond donors (Lipinski definition) is 3. The standard InChI is InChI=1S/C17H24FN3O2/c1-11-5-3-4-6-15(11)21-17(23)10-19-13-7-8-14(18)16(9-13)20-12(2)22/h7-9,11,15,19H,3-6,10H2,1-2H3,(H,20,22)(H,21,23). The molecule has 2 unspecified atom stereocenters. The van der Waals surface area contributed by atoms with E-state index in [1.807, 2.05) is 0 Å². The van der Waals surface area contributed by atoms with Gasteiger partial charge in [0.2, 0.25) is 11.8 Å². The zero-order valence-electron chi connectivity index (χ0n) is 13.6. The number of carbonyl (C=O) groups is 2. The van der Waals surface area contributed by atoms with Gasteiger partial charge in [-0.15, -0.1) is 0 Å². The number of nitrogens with one attached hydrogen (secondary N) is 3. The normalized spacial score (nSPS) is 20.7. The van der Waals surface area contributed by atoms with E-state index in [1.165, 1.54) is 31.5 Å². The molecule has 126 valence electrons. The molecule has 0 radical (unpaired) electrons. The zero-order chi connectivity index (χ0) is 16.8. The predicted octanol–water partition coefficient (Wildman–Crippen LogP) is 2.89. The van der Waals surface area contributed by atoms with Crippen LogP contribution in [0.4, 0.5) is 15.8 Å². The van der Waals surface area contributed by atoms with E-state index < -0.39 is 5.82 Å². The number of amides is 2. The largest absolute Gasteiger partial charge is 0.376 e. The van der Waals surface area contributed by atoms with Crippen LogP contribution < -0.4 is 16.0 Å². The van der Waals surface area contributed by atoms with Gasteiger partial charge in [-0.3, -0.25) is 9.59 Å². The van der Waals surface area contributed by atoms with Crippen LogP contribution in [0.3, 0.4) is 0 Å². The molecule has 0 aliphatic heterocycles. The Morgan fingerprint density at radius 2 is 2.00 bits per heavy atom. The van der Waals surface area contributed by atoms with Crippen LogP contribution in [0, 0.1) is 11.7 Å². The van der Waals surface area contributed by atoms with Crippen molar-refractivity contribution in [2.75, 3.05) is 17.2 Å². The summed E-state index contributed by atoms with van der Waals surface area (Å²) in [5, 5.41) is 8.43. The van der Waals surface area contributed by atoms with Crippen molar-refractivity contribution < 1.29 is 14.0 Å². The Kier molecular flexibility index (Phi) is 5.96. The van der Waals surface area contributed by atoms with E-state index in [0.717, 1.165) is 19.3 Å². The molecule has 6 heteroatoms. The number of anilines is 2. The Balaban J connectivity index is 1.87. The maximum Gasteiger partial charge on any atom is 0.239 e. The van der Waals surface area contributed by atoms with E-state index in [1.54, 1.807) is 0 Å². The van der Waals surface area contributed by atoms with Crippen molar-refractivity contribution in [2.45, 2.75) is 45.6 Å². The Morgan fingerprint density at radius 3 is 2.70 bits per heavy atom. The van der Waals surface area contributed by atoms with Crippen molar-refractivity contribution in [1.29, 1.82) is 0 Å². The van der Waals surface area contributed by atoms with Crippen LogP contribution in [0.25, 0.3) is 0 Å². The van der Waals surface area contributed by atoms with Gasteiger partial charge in [0.1, 0.15) is 5.82 Å². The van der Waals surface area contributed by atoms with Gasteiger partial charge in [-0.1, -0.05) is 19.8 Å². The average molecular weight is 321 g/mol. The molecule has 2 atom stereocenters. The predicted molar refractivity (Wildman–Crippen MR) is 88.8 cm³/mol. The Morgan fingerprint density at radius 1 is 1.26 bits per heavy atom. The first-order valence-corrected chi connectivity index (χ1v) is 8.06. The topological polar surface area (TPSA) is 70.2 Å². The second kappa shape index (κ2) is 7.94. The number of hydrogen-bond acceptors (Lipinski definition) is 3. The lowest BCUT2D eigenvalue weighted by molar-refractivity contribution is -0.120. The summed E-state index contributed by atoms with van der Waals surface area (Å²) in [7, 11) is 0. The molecule has 0 heterocycles. The summed E-state index contributed by atoms with van der Waals surface area (Å²) in [4.78, 5) is 23.1. The van der Waals surface area contributed by atoms with E-state index in [2.05, 4.69) is 22.9 Å². The molecule has 1 aromatic rings. The quantitative estimate of drug-likeness (QED) is 0.781. The highest BCUT2D eigenvalue weighted by Crippen LogP contribution is 2.23. The number of carbonyl (C=O) groups excluding carboxylic acids is 2. The van der Waals surface area contributed by atoms with Crippen molar-refractivity contribution >= 4 is 23.2 Å². The second-order valence-corrected chi connectivity index (χ2v) is 6.17. The summed E-state index contributed by atoms with van der Waals surface area (Å²) in [5.41, 5.74) is 0.686. The van der Waals surface area contributed by atoms with Crippen LogP contribution in [-0.4, -0.2) is 24.4 Å². The Bertz CT molecular complexity index is 577. The summed E-state index contributed by atoms with van der Waals surface area (Å²) in [6, 6.07) is 4.51. The summed E-state index contributed by atoms with van der Waals surface area (Å²) >= 11 is 0. The number of benzene rings is 1. The van der Waals surface area contributed by atoms with Gasteiger partial charge in [-0.2, -0.15) is 0 Å². The zero-order valence-corrected chi connectivity index (χ0v) is 13.6. The SMILES string of the molecule is CC(=O)Nc1cc(NCC(=O)NC2CCCCC2C)ccc1F. The van der Waals surface area contributed by atoms with E-state index >= 15 is 0 Å². The van der Waals surface area contributed by atoms with Gasteiger partial charge < -0.3 is 16.0 Å². The maximum absolute atomic E-state index is 13.6. The maximum atomic E-state index is 13.6. The molecule has 1 aromatic carbocycles. The third-order valence-electron chi connectivity index (χ3n) is 4.19. The molecule has 0 saturated heterocycles. The van der Waals surface area contributed by atoms with E-state index in [4.69, 9.17) is 0 Å². The van der Waals surface area contributed by atoms with Gasteiger partial charge in [-0.25, -0.2) is 4.39 Å². The van der Waals surface area contributed by atoms with Gasteiger partial charge >= 0.3 is 0 Å². The van der Waals surface area contributed by atoms with Crippen LogP contribution in [0.5, 0.6) is 0 Å². The Hall–Kier alpha value is -2.11. The van der Waals surface area contributed by atoms with Gasteiger partial charge in [0, 0.05) is 18.7 Å². The molecule has 0 aromatic heterocycles. The highest BCUT2D eigenvalue weighted by atomic mass is 19.1. The average Bonchev–Trinajstić information content (AvgIpc) is 2.50. The van der Waals surface area contributed by atoms with E-state index in [9.17, 15) is 14.0 Å². The monoisotopic (exact) mass is 321 g/mol. The fraction of sp³-hybridized carbons (Fsp3) is 0.529. The van der Waals surface area contributed by atoms with Crippen LogP contribution in [0.15, 0.2) is 18.2 Å². The van der Waals surface area contributed by atoms with Crippen molar-refractivity contribution in [2.24, 2.45) is 5.92 Å². The second-order valence-electron chi connectivity index (χ2n) is 6.17. The van der Waals surface area contributed by atoms with Gasteiger partial charge in [0.25, 0.3) is 0 Å². The fourth-order valence-corrected chi connectivity index (χ4v) is 2.89. The summed E-state index contributed by atoms with van der Waals surface area (Å²) < 4.78 is 13.6. The molecule has 1 fully saturated rings. The fourth-order valence-electron chi connectivity index (χ4n) is 2.89. The van der Waals surface area contributed by atoms with Crippen LogP contribution in [-0.2, 0) is 9.59 Å². The molecule has 0 bridgehead atoms. The number of halogens is 1. The van der Waals surface area contributed by atoms with Crippen molar-refractivity contribution in [3.05, 3.63) is 24.0 Å². The van der Waals surface area contributed by atoms with Crippen molar-refractivity contribution in [3.63, 3.8) is 0 Å². The summed E-state index contributed by atoms with van der Waals surface area (Å²) in [5.74, 6) is -0.421. The molecule has 1 aliphatic carbocycles. The lowest BCUT2D eigenvalue weighted by atomic mass is 9.86. The highest BCUT2D eigenvalue weighted by Gasteiger charge is 2.22. The molecule has 3 N–H and O–H groups in total. The highest BCUT2D eigenvalue weighted by molar-refractivity contribution is 5.89. The van der Waals surface area contributed by atoms with Gasteiger partial charge in [0.05, 0.1) is 12.2 Å². The van der Waals surface area contributed by atoms with E-state index in [-0.39, 0.29) is 30.1 Å². The minimum Gasteiger partial charge on any atom is -0.376 e. The molecule has 23 heavy (non-hydrogen) atoms. The first-order valence-electron chi connectivity index (χ1n) is 8.06. The minimum atomic E-state index is -0.508. The number of rotatable bonds is 5. The van der Waals surface area contributed by atoms with Crippen molar-refractivity contribution in [1.82, 2.24) is 5.32 Å². The van der Waals surface area contributed by atoms with Gasteiger partial charge in [-0.05, 0) is 37.0 Å². The molecule has 2 amide bonds. The third kappa shape index (κ3) is 5.23. The lowest BCUT2D eigenvalue weighted by Crippen LogP contribution is -2.43. The molecule has 1 saturated carbocycles. The van der Waals surface area contributed by atoms with Crippen LogP contribution in [0.1, 0.15) is 39.5 Å². The first-order chi connectivity index (χ1) is 11.0. The molecule has 1 aliphatic rings. The lowest BCUT2D eigenvalue weighted by Gasteiger charge is -2.29. The molecule has 2 rings (SSSR count). The first kappa shape index (κ1) is 17.2. The van der Waals surface area contributed by atoms with E-state index in [0.29, 0.717) is 11.6 Å². The van der Waals surface area contributed by atoms with Crippen molar-refractivity contribution in [3.8, 4) is 0 Å². The summed E-state index contributed by atoms with van der Waals surface area (Å²) in [6.45, 7) is 3.60. The van der Waals surface area contributed by atoms with Crippen LogP contribution in [0.2, 0.25) is 0 Å². The smallest absolute Gasteiger partial charge is 0.239 e. The summed E-state index contributed by atoms with van der Waals surface area (Å²) in [6.07, 6.45) is 4.56. The minimum absolute atomic E-state index is 0.0749. The molecular weight excluding hydrogens is 297 g/mol. The molecule has 0 spiro atoms. The third-order valence-corrected chi connectivity index (χ3v) is 4.19. The van der Waals surface area contributed by atoms with Gasteiger partial charge in [0.15, 0.2) is 0 Å². The van der Waals surface area contributed by atoms with Crippen LogP contribution >= 0.6 is 0 Å². The molecular formula is C17H24FN3O2. The molecule has 5 nitrogen and oxygen atoms in total. The Labute approximate surface area is 136 Å².